The highest BCUT2D eigenvalue weighted by atomic mass is 35.5. The molecule has 3 rings (SSSR count). The highest BCUT2D eigenvalue weighted by molar-refractivity contribution is 6.32. The maximum atomic E-state index is 13.0. The van der Waals surface area contributed by atoms with Gasteiger partial charge >= 0.3 is 12.2 Å². The highest BCUT2D eigenvalue weighted by Gasteiger charge is 2.33. The lowest BCUT2D eigenvalue weighted by Gasteiger charge is -2.27. The largest absolute Gasteiger partial charge is 0.417 e. The summed E-state index contributed by atoms with van der Waals surface area (Å²) in [6, 6.07) is 4.14. The lowest BCUT2D eigenvalue weighted by Crippen LogP contribution is -2.38. The van der Waals surface area contributed by atoms with Gasteiger partial charge in [-0.1, -0.05) is 29.3 Å². The van der Waals surface area contributed by atoms with E-state index >= 15 is 0 Å². The van der Waals surface area contributed by atoms with E-state index in [-0.39, 0.29) is 12.2 Å². The Balaban J connectivity index is 1.68. The SMILES string of the molecule is O=C(Nc1ccc(Cl)c(C(F)(F)F)c1)N1CC=C(c2ncc([C@H](O)CO)cc2Cl)CC1. The molecular weight excluding hydrogens is 458 g/mol. The molecule has 1 aromatic carbocycles. The van der Waals surface area contributed by atoms with Crippen LogP contribution in [0.4, 0.5) is 23.7 Å². The third-order valence-corrected chi connectivity index (χ3v) is 5.36. The van der Waals surface area contributed by atoms with E-state index in [9.17, 15) is 23.1 Å². The molecule has 0 spiro atoms. The van der Waals surface area contributed by atoms with Gasteiger partial charge in [-0.15, -0.1) is 0 Å². The number of carbonyl (C=O) groups is 1. The molecule has 166 valence electrons. The molecule has 0 unspecified atom stereocenters. The minimum atomic E-state index is -4.63. The minimum Gasteiger partial charge on any atom is -0.393 e. The standard InChI is InChI=1S/C20H18Cl2F3N3O3/c21-15-2-1-13(8-14(15)20(23,24)25)27-19(31)28-5-3-11(4-6-28)18-16(22)7-12(9-26-18)17(30)10-29/h1-3,7-9,17,29-30H,4-6,10H2,(H,27,31)/t17-/m1/s1. The number of aliphatic hydroxyl groups is 2. The number of carbonyl (C=O) groups excluding carboxylic acids is 1. The van der Waals surface area contributed by atoms with Gasteiger partial charge in [-0.25, -0.2) is 4.79 Å². The molecule has 6 nitrogen and oxygen atoms in total. The molecule has 0 fully saturated rings. The number of urea groups is 1. The Kier molecular flexibility index (Phi) is 7.10. The predicted octanol–water partition coefficient (Wildman–Crippen LogP) is 4.75. The van der Waals surface area contributed by atoms with Crippen LogP contribution >= 0.6 is 23.2 Å². The zero-order chi connectivity index (χ0) is 22.8. The molecule has 2 amide bonds. The fourth-order valence-corrected chi connectivity index (χ4v) is 3.59. The van der Waals surface area contributed by atoms with Crippen molar-refractivity contribution in [1.29, 1.82) is 0 Å². The predicted molar refractivity (Wildman–Crippen MR) is 111 cm³/mol. The van der Waals surface area contributed by atoms with Crippen molar-refractivity contribution in [3.8, 4) is 0 Å². The summed E-state index contributed by atoms with van der Waals surface area (Å²) < 4.78 is 39.0. The number of aromatic nitrogens is 1. The van der Waals surface area contributed by atoms with E-state index < -0.39 is 35.5 Å². The molecule has 1 aromatic heterocycles. The first-order valence-electron chi connectivity index (χ1n) is 9.16. The van der Waals surface area contributed by atoms with Crippen LogP contribution in [0.25, 0.3) is 5.57 Å². The van der Waals surface area contributed by atoms with Gasteiger partial charge in [0.2, 0.25) is 0 Å². The summed E-state index contributed by atoms with van der Waals surface area (Å²) in [5.74, 6) is 0. The van der Waals surface area contributed by atoms with Crippen molar-refractivity contribution in [2.24, 2.45) is 0 Å². The Morgan fingerprint density at radius 3 is 2.58 bits per heavy atom. The topological polar surface area (TPSA) is 85.7 Å². The molecule has 0 radical (unpaired) electrons. The van der Waals surface area contributed by atoms with Crippen LogP contribution in [0.5, 0.6) is 0 Å². The normalized spacial score (nSPS) is 15.5. The van der Waals surface area contributed by atoms with Crippen molar-refractivity contribution in [3.05, 3.63) is 63.4 Å². The second-order valence-corrected chi connectivity index (χ2v) is 7.66. The van der Waals surface area contributed by atoms with E-state index in [0.717, 1.165) is 17.7 Å². The monoisotopic (exact) mass is 475 g/mol. The number of nitrogens with one attached hydrogen (secondary N) is 1. The van der Waals surface area contributed by atoms with Gasteiger partial charge in [0.25, 0.3) is 0 Å². The molecule has 0 bridgehead atoms. The maximum Gasteiger partial charge on any atom is 0.417 e. The molecule has 31 heavy (non-hydrogen) atoms. The molecule has 3 N–H and O–H groups in total. The van der Waals surface area contributed by atoms with Gasteiger partial charge in [0.1, 0.15) is 6.10 Å². The fourth-order valence-electron chi connectivity index (χ4n) is 3.07. The average Bonchev–Trinajstić information content (AvgIpc) is 2.73. The van der Waals surface area contributed by atoms with Crippen molar-refractivity contribution >= 4 is 40.5 Å². The lowest BCUT2D eigenvalue weighted by molar-refractivity contribution is -0.137. The number of nitrogens with zero attached hydrogens (tertiary/aromatic N) is 2. The fraction of sp³-hybridized carbons (Fsp3) is 0.300. The van der Waals surface area contributed by atoms with Crippen LogP contribution in [-0.4, -0.2) is 45.8 Å². The number of hydrogen-bond donors (Lipinski definition) is 3. The third-order valence-electron chi connectivity index (χ3n) is 4.74. The molecule has 2 aromatic rings. The van der Waals surface area contributed by atoms with E-state index in [1.807, 2.05) is 0 Å². The Hall–Kier alpha value is -2.33. The van der Waals surface area contributed by atoms with Gasteiger partial charge in [-0.05, 0) is 36.3 Å². The molecule has 1 aliphatic heterocycles. The second kappa shape index (κ2) is 9.44. The molecule has 2 heterocycles. The van der Waals surface area contributed by atoms with E-state index in [1.165, 1.54) is 23.2 Å². The first-order valence-corrected chi connectivity index (χ1v) is 9.92. The summed E-state index contributed by atoms with van der Waals surface area (Å²) in [7, 11) is 0. The number of anilines is 1. The summed E-state index contributed by atoms with van der Waals surface area (Å²) in [5.41, 5.74) is 0.644. The van der Waals surface area contributed by atoms with Crippen molar-refractivity contribution in [1.82, 2.24) is 9.88 Å². The highest BCUT2D eigenvalue weighted by Crippen LogP contribution is 2.36. The first kappa shape index (κ1) is 23.3. The smallest absolute Gasteiger partial charge is 0.393 e. The van der Waals surface area contributed by atoms with Gasteiger partial charge in [-0.2, -0.15) is 13.2 Å². The number of alkyl halides is 3. The molecule has 0 aliphatic carbocycles. The molecular formula is C20H18Cl2F3N3O3. The van der Waals surface area contributed by atoms with Crippen molar-refractivity contribution < 1.29 is 28.2 Å². The summed E-state index contributed by atoms with van der Waals surface area (Å²) in [6.45, 7) is 0.0541. The van der Waals surface area contributed by atoms with E-state index in [0.29, 0.717) is 29.2 Å². The number of halogens is 5. The number of benzene rings is 1. The number of hydrogen-bond acceptors (Lipinski definition) is 4. The van der Waals surface area contributed by atoms with Crippen LogP contribution in [0.15, 0.2) is 36.5 Å². The molecule has 1 aliphatic rings. The van der Waals surface area contributed by atoms with Crippen LogP contribution in [0.2, 0.25) is 10.0 Å². The molecule has 0 saturated carbocycles. The summed E-state index contributed by atoms with van der Waals surface area (Å²) in [5, 5.41) is 21.0. The number of pyridine rings is 1. The van der Waals surface area contributed by atoms with Crippen molar-refractivity contribution in [2.45, 2.75) is 18.7 Å². The van der Waals surface area contributed by atoms with E-state index in [2.05, 4.69) is 10.3 Å². The molecule has 0 saturated heterocycles. The van der Waals surface area contributed by atoms with Gasteiger partial charge in [0.05, 0.1) is 27.9 Å². The molecule has 1 atom stereocenters. The molecule has 11 heteroatoms. The Bertz CT molecular complexity index is 1010. The summed E-state index contributed by atoms with van der Waals surface area (Å²) in [6.07, 6.45) is -2.11. The first-order chi connectivity index (χ1) is 14.6. The van der Waals surface area contributed by atoms with E-state index in [1.54, 1.807) is 6.08 Å². The zero-order valence-electron chi connectivity index (χ0n) is 16.0. The van der Waals surface area contributed by atoms with Gasteiger partial charge < -0.3 is 20.4 Å². The minimum absolute atomic E-state index is 0.0146. The third kappa shape index (κ3) is 5.48. The van der Waals surface area contributed by atoms with Gasteiger partial charge in [0.15, 0.2) is 0 Å². The van der Waals surface area contributed by atoms with Crippen LogP contribution in [0, 0.1) is 0 Å². The number of amides is 2. The van der Waals surface area contributed by atoms with E-state index in [4.69, 9.17) is 28.3 Å². The zero-order valence-corrected chi connectivity index (χ0v) is 17.5. The Labute approximate surface area is 185 Å². The number of rotatable bonds is 4. The van der Waals surface area contributed by atoms with Crippen molar-refractivity contribution in [3.63, 3.8) is 0 Å². The van der Waals surface area contributed by atoms with Crippen LogP contribution in [0.3, 0.4) is 0 Å². The van der Waals surface area contributed by atoms with Gasteiger partial charge in [-0.3, -0.25) is 4.98 Å². The lowest BCUT2D eigenvalue weighted by atomic mass is 10.0. The summed E-state index contributed by atoms with van der Waals surface area (Å²) in [4.78, 5) is 18.1. The quantitative estimate of drug-likeness (QED) is 0.595. The van der Waals surface area contributed by atoms with Crippen LogP contribution < -0.4 is 5.32 Å². The Morgan fingerprint density at radius 2 is 2.00 bits per heavy atom. The maximum absolute atomic E-state index is 13.0. The Morgan fingerprint density at radius 1 is 1.26 bits per heavy atom. The van der Waals surface area contributed by atoms with Crippen LogP contribution in [0.1, 0.15) is 29.3 Å². The van der Waals surface area contributed by atoms with Gasteiger partial charge in [0, 0.05) is 30.5 Å². The second-order valence-electron chi connectivity index (χ2n) is 6.85. The number of aliphatic hydroxyl groups excluding tert-OH is 2. The average molecular weight is 476 g/mol. The summed E-state index contributed by atoms with van der Waals surface area (Å²) >= 11 is 11.8. The van der Waals surface area contributed by atoms with Crippen LogP contribution in [-0.2, 0) is 6.18 Å². The van der Waals surface area contributed by atoms with Crippen molar-refractivity contribution in [2.75, 3.05) is 25.0 Å².